The molecule has 7 heteroatoms. The summed E-state index contributed by atoms with van der Waals surface area (Å²) in [6, 6.07) is -0.755. The van der Waals surface area contributed by atoms with Crippen LogP contribution >= 0.6 is 0 Å². The minimum atomic E-state index is -0.983. The Morgan fingerprint density at radius 1 is 1.21 bits per heavy atom. The Labute approximate surface area is 81.6 Å². The van der Waals surface area contributed by atoms with Gasteiger partial charge in [0.05, 0.1) is 0 Å². The standard InChI is InChI=1S/C7H14N4O3/c1-4(7(14)11(2)3)9-5(12)6(13)10-8/h4H,8H2,1-3H3,(H,9,12)(H,10,13). The van der Waals surface area contributed by atoms with Gasteiger partial charge < -0.3 is 10.2 Å². The molecule has 0 bridgehead atoms. The fourth-order valence-corrected chi connectivity index (χ4v) is 0.777. The van der Waals surface area contributed by atoms with Crippen molar-refractivity contribution in [2.75, 3.05) is 14.1 Å². The number of nitrogens with zero attached hydrogens (tertiary/aromatic N) is 1. The minimum Gasteiger partial charge on any atom is -0.347 e. The van der Waals surface area contributed by atoms with Crippen molar-refractivity contribution in [3.8, 4) is 0 Å². The molecule has 0 aliphatic carbocycles. The molecular weight excluding hydrogens is 188 g/mol. The molecule has 4 N–H and O–H groups in total. The monoisotopic (exact) mass is 202 g/mol. The number of amides is 3. The average molecular weight is 202 g/mol. The summed E-state index contributed by atoms with van der Waals surface area (Å²) in [6.07, 6.45) is 0. The van der Waals surface area contributed by atoms with Gasteiger partial charge in [0.15, 0.2) is 0 Å². The van der Waals surface area contributed by atoms with Crippen LogP contribution in [-0.2, 0) is 14.4 Å². The lowest BCUT2D eigenvalue weighted by Gasteiger charge is -2.17. The normalized spacial score (nSPS) is 11.4. The lowest BCUT2D eigenvalue weighted by Crippen LogP contribution is -2.50. The summed E-state index contributed by atoms with van der Waals surface area (Å²) in [7, 11) is 3.10. The zero-order valence-corrected chi connectivity index (χ0v) is 8.33. The SMILES string of the molecule is CC(NC(=O)C(=O)NN)C(=O)N(C)C. The van der Waals surface area contributed by atoms with E-state index in [1.54, 1.807) is 19.5 Å². The molecular formula is C7H14N4O3. The summed E-state index contributed by atoms with van der Waals surface area (Å²) >= 11 is 0. The van der Waals surface area contributed by atoms with Gasteiger partial charge in [0.1, 0.15) is 6.04 Å². The zero-order valence-electron chi connectivity index (χ0n) is 8.33. The number of nitrogens with one attached hydrogen (secondary N) is 2. The quantitative estimate of drug-likeness (QED) is 0.200. The first-order chi connectivity index (χ1) is 6.40. The molecule has 1 unspecified atom stereocenters. The topological polar surface area (TPSA) is 105 Å². The molecule has 0 fully saturated rings. The summed E-state index contributed by atoms with van der Waals surface area (Å²) in [6.45, 7) is 1.48. The zero-order chi connectivity index (χ0) is 11.3. The third-order valence-corrected chi connectivity index (χ3v) is 1.50. The maximum Gasteiger partial charge on any atom is 0.323 e. The van der Waals surface area contributed by atoms with Crippen LogP contribution in [0.1, 0.15) is 6.92 Å². The van der Waals surface area contributed by atoms with E-state index in [4.69, 9.17) is 5.84 Å². The van der Waals surface area contributed by atoms with Crippen LogP contribution in [0.5, 0.6) is 0 Å². The highest BCUT2D eigenvalue weighted by Crippen LogP contribution is 1.88. The Hall–Kier alpha value is -1.63. The van der Waals surface area contributed by atoms with Crippen molar-refractivity contribution in [3.05, 3.63) is 0 Å². The van der Waals surface area contributed by atoms with E-state index in [1.165, 1.54) is 11.8 Å². The molecule has 0 aliphatic rings. The van der Waals surface area contributed by atoms with Gasteiger partial charge in [0, 0.05) is 14.1 Å². The fourth-order valence-electron chi connectivity index (χ4n) is 0.777. The summed E-state index contributed by atoms with van der Waals surface area (Å²) in [4.78, 5) is 34.2. The molecule has 0 spiro atoms. The van der Waals surface area contributed by atoms with E-state index < -0.39 is 17.9 Å². The van der Waals surface area contributed by atoms with Crippen LogP contribution in [0.3, 0.4) is 0 Å². The van der Waals surface area contributed by atoms with Crippen LogP contribution < -0.4 is 16.6 Å². The van der Waals surface area contributed by atoms with E-state index in [-0.39, 0.29) is 5.91 Å². The van der Waals surface area contributed by atoms with Crippen LogP contribution in [0, 0.1) is 0 Å². The highest BCUT2D eigenvalue weighted by molar-refractivity contribution is 6.35. The van der Waals surface area contributed by atoms with Gasteiger partial charge in [-0.05, 0) is 6.92 Å². The number of nitrogens with two attached hydrogens (primary N) is 1. The van der Waals surface area contributed by atoms with E-state index in [1.807, 2.05) is 0 Å². The Balaban J connectivity index is 4.19. The smallest absolute Gasteiger partial charge is 0.323 e. The third kappa shape index (κ3) is 3.40. The maximum absolute atomic E-state index is 11.2. The lowest BCUT2D eigenvalue weighted by molar-refractivity contribution is -0.141. The lowest BCUT2D eigenvalue weighted by atomic mass is 10.3. The number of carbonyl (C=O) groups excluding carboxylic acids is 3. The molecule has 0 saturated heterocycles. The Morgan fingerprint density at radius 3 is 2.07 bits per heavy atom. The highest BCUT2D eigenvalue weighted by atomic mass is 16.2. The fraction of sp³-hybridized carbons (Fsp3) is 0.571. The van der Waals surface area contributed by atoms with E-state index in [0.29, 0.717) is 0 Å². The van der Waals surface area contributed by atoms with Gasteiger partial charge in [-0.3, -0.25) is 19.8 Å². The number of carbonyl (C=O) groups is 3. The van der Waals surface area contributed by atoms with Crippen LogP contribution in [-0.4, -0.2) is 42.8 Å². The van der Waals surface area contributed by atoms with E-state index >= 15 is 0 Å². The van der Waals surface area contributed by atoms with Crippen LogP contribution in [0.15, 0.2) is 0 Å². The van der Waals surface area contributed by atoms with E-state index in [2.05, 4.69) is 5.32 Å². The summed E-state index contributed by atoms with van der Waals surface area (Å²) in [5.41, 5.74) is 1.66. The molecule has 0 heterocycles. The largest absolute Gasteiger partial charge is 0.347 e. The van der Waals surface area contributed by atoms with Gasteiger partial charge in [-0.15, -0.1) is 0 Å². The van der Waals surface area contributed by atoms with Gasteiger partial charge in [-0.2, -0.15) is 0 Å². The summed E-state index contributed by atoms with van der Waals surface area (Å²) in [5, 5.41) is 2.19. The van der Waals surface area contributed by atoms with Crippen molar-refractivity contribution in [2.24, 2.45) is 5.84 Å². The Kier molecular flexibility index (Phi) is 4.57. The second-order valence-corrected chi connectivity index (χ2v) is 2.90. The van der Waals surface area contributed by atoms with Crippen molar-refractivity contribution in [1.82, 2.24) is 15.6 Å². The molecule has 0 aromatic carbocycles. The predicted molar refractivity (Wildman–Crippen MR) is 48.6 cm³/mol. The number of likely N-dealkylation sites (N-methyl/N-ethyl adjacent to an activating group) is 1. The van der Waals surface area contributed by atoms with E-state index in [9.17, 15) is 14.4 Å². The van der Waals surface area contributed by atoms with E-state index in [0.717, 1.165) is 0 Å². The van der Waals surface area contributed by atoms with Crippen LogP contribution in [0.25, 0.3) is 0 Å². The molecule has 1 atom stereocenters. The number of hydrogen-bond donors (Lipinski definition) is 3. The first-order valence-corrected chi connectivity index (χ1v) is 3.92. The first kappa shape index (κ1) is 12.4. The van der Waals surface area contributed by atoms with Gasteiger partial charge in [-0.25, -0.2) is 5.84 Å². The molecule has 14 heavy (non-hydrogen) atoms. The Bertz CT molecular complexity index is 251. The average Bonchev–Trinajstić information content (AvgIpc) is 2.14. The Morgan fingerprint density at radius 2 is 1.71 bits per heavy atom. The molecule has 0 aliphatic heterocycles. The highest BCUT2D eigenvalue weighted by Gasteiger charge is 2.20. The predicted octanol–water partition coefficient (Wildman–Crippen LogP) is -2.43. The van der Waals surface area contributed by atoms with Crippen molar-refractivity contribution in [3.63, 3.8) is 0 Å². The summed E-state index contributed by atoms with van der Waals surface area (Å²) < 4.78 is 0. The first-order valence-electron chi connectivity index (χ1n) is 3.92. The van der Waals surface area contributed by atoms with Crippen molar-refractivity contribution in [2.45, 2.75) is 13.0 Å². The third-order valence-electron chi connectivity index (χ3n) is 1.50. The number of hydrazine groups is 1. The molecule has 0 saturated carbocycles. The number of hydrogen-bond acceptors (Lipinski definition) is 4. The van der Waals surface area contributed by atoms with Gasteiger partial charge >= 0.3 is 11.8 Å². The number of rotatable bonds is 2. The van der Waals surface area contributed by atoms with Crippen molar-refractivity contribution >= 4 is 17.7 Å². The molecule has 0 rings (SSSR count). The molecule has 0 aromatic rings. The molecule has 7 nitrogen and oxygen atoms in total. The molecule has 0 radical (unpaired) electrons. The second-order valence-electron chi connectivity index (χ2n) is 2.90. The summed E-state index contributed by atoms with van der Waals surface area (Å²) in [5.74, 6) is 2.51. The van der Waals surface area contributed by atoms with Gasteiger partial charge in [0.2, 0.25) is 5.91 Å². The molecule has 3 amide bonds. The van der Waals surface area contributed by atoms with Crippen molar-refractivity contribution < 1.29 is 14.4 Å². The molecule has 80 valence electrons. The van der Waals surface area contributed by atoms with Crippen molar-refractivity contribution in [1.29, 1.82) is 0 Å². The van der Waals surface area contributed by atoms with Crippen LogP contribution in [0.2, 0.25) is 0 Å². The maximum atomic E-state index is 11.2. The van der Waals surface area contributed by atoms with Crippen LogP contribution in [0.4, 0.5) is 0 Å². The molecule has 0 aromatic heterocycles. The van der Waals surface area contributed by atoms with Gasteiger partial charge in [-0.1, -0.05) is 0 Å². The second kappa shape index (κ2) is 5.18. The van der Waals surface area contributed by atoms with Gasteiger partial charge in [0.25, 0.3) is 0 Å². The minimum absolute atomic E-state index is 0.303.